The third kappa shape index (κ3) is 3.18. The van der Waals surface area contributed by atoms with Crippen LogP contribution in [0.25, 0.3) is 16.7 Å². The number of aromatic nitrogens is 4. The van der Waals surface area contributed by atoms with Crippen LogP contribution >= 0.6 is 0 Å². The fraction of sp³-hybridized carbons (Fsp3) is 0.273. The van der Waals surface area contributed by atoms with Gasteiger partial charge in [-0.25, -0.2) is 0 Å². The van der Waals surface area contributed by atoms with E-state index in [2.05, 4.69) is 33.0 Å². The molecule has 5 rings (SSSR count). The molecule has 2 aromatic carbocycles. The molecule has 0 fully saturated rings. The molecule has 0 aliphatic heterocycles. The molecule has 29 heavy (non-hydrogen) atoms. The molecule has 0 spiro atoms. The summed E-state index contributed by atoms with van der Waals surface area (Å²) in [5.74, 6) is 0.602. The van der Waals surface area contributed by atoms with Crippen LogP contribution in [0, 0.1) is 13.8 Å². The minimum atomic E-state index is -0.0866. The van der Waals surface area contributed by atoms with Gasteiger partial charge in [0, 0.05) is 16.6 Å². The smallest absolute Gasteiger partial charge is 0.228 e. The van der Waals surface area contributed by atoms with Gasteiger partial charge in [0.2, 0.25) is 5.91 Å². The molecule has 1 aliphatic carbocycles. The van der Waals surface area contributed by atoms with Crippen LogP contribution in [0.3, 0.4) is 0 Å². The first-order valence-electron chi connectivity index (χ1n) is 9.76. The predicted molar refractivity (Wildman–Crippen MR) is 109 cm³/mol. The van der Waals surface area contributed by atoms with E-state index in [4.69, 9.17) is 4.42 Å². The Hall–Kier alpha value is -3.48. The second kappa shape index (κ2) is 6.84. The Morgan fingerprint density at radius 2 is 2.00 bits per heavy atom. The van der Waals surface area contributed by atoms with E-state index in [1.54, 1.807) is 10.9 Å². The number of carbonyl (C=O) groups excluding carboxylic acids is 1. The van der Waals surface area contributed by atoms with E-state index in [0.29, 0.717) is 11.5 Å². The lowest BCUT2D eigenvalue weighted by atomic mass is 10.0. The van der Waals surface area contributed by atoms with Crippen molar-refractivity contribution in [3.63, 3.8) is 0 Å². The molecule has 0 saturated carbocycles. The first-order valence-corrected chi connectivity index (χ1v) is 9.76. The first-order chi connectivity index (χ1) is 14.1. The molecule has 1 amide bonds. The van der Waals surface area contributed by atoms with Crippen molar-refractivity contribution in [1.29, 1.82) is 0 Å². The van der Waals surface area contributed by atoms with Gasteiger partial charge in [0.25, 0.3) is 0 Å². The van der Waals surface area contributed by atoms with Crippen molar-refractivity contribution in [3.8, 4) is 5.69 Å². The van der Waals surface area contributed by atoms with Crippen molar-refractivity contribution in [2.45, 2.75) is 39.5 Å². The Labute approximate surface area is 167 Å². The summed E-state index contributed by atoms with van der Waals surface area (Å²) in [4.78, 5) is 12.7. The first kappa shape index (κ1) is 17.6. The molecule has 1 aliphatic rings. The van der Waals surface area contributed by atoms with Gasteiger partial charge in [0.05, 0.1) is 18.4 Å². The second-order valence-electron chi connectivity index (χ2n) is 7.60. The van der Waals surface area contributed by atoms with E-state index in [-0.39, 0.29) is 12.3 Å². The Kier molecular flexibility index (Phi) is 4.16. The average Bonchev–Trinajstić information content (AvgIpc) is 3.42. The molecule has 2 aromatic heterocycles. The molecule has 0 atom stereocenters. The van der Waals surface area contributed by atoms with Crippen molar-refractivity contribution in [2.24, 2.45) is 0 Å². The van der Waals surface area contributed by atoms with Crippen LogP contribution < -0.4 is 5.32 Å². The molecule has 0 saturated heterocycles. The van der Waals surface area contributed by atoms with Gasteiger partial charge in [-0.1, -0.05) is 6.07 Å². The van der Waals surface area contributed by atoms with Crippen molar-refractivity contribution in [3.05, 3.63) is 64.7 Å². The predicted octanol–water partition coefficient (Wildman–Crippen LogP) is 3.70. The Bertz CT molecular complexity index is 1240. The third-order valence-corrected chi connectivity index (χ3v) is 5.57. The zero-order valence-electron chi connectivity index (χ0n) is 16.4. The minimum Gasteiger partial charge on any atom is -0.464 e. The van der Waals surface area contributed by atoms with Gasteiger partial charge in [0.1, 0.15) is 5.58 Å². The lowest BCUT2D eigenvalue weighted by Gasteiger charge is -2.10. The van der Waals surface area contributed by atoms with Crippen LogP contribution in [-0.4, -0.2) is 26.1 Å². The molecule has 4 aromatic rings. The number of furan rings is 1. The second-order valence-corrected chi connectivity index (χ2v) is 7.60. The summed E-state index contributed by atoms with van der Waals surface area (Å²) in [6.07, 6.45) is 5.36. The van der Waals surface area contributed by atoms with Gasteiger partial charge in [0.15, 0.2) is 5.82 Å². The van der Waals surface area contributed by atoms with Crippen LogP contribution in [0.15, 0.2) is 41.0 Å². The van der Waals surface area contributed by atoms with Crippen molar-refractivity contribution in [1.82, 2.24) is 20.2 Å². The zero-order chi connectivity index (χ0) is 20.0. The number of hydrogen-bond acceptors (Lipinski definition) is 5. The number of nitrogens with one attached hydrogen (secondary N) is 1. The lowest BCUT2D eigenvalue weighted by Crippen LogP contribution is -2.14. The number of anilines is 1. The molecule has 146 valence electrons. The number of carbonyl (C=O) groups is 1. The number of fused-ring (bicyclic) bond motifs is 2. The molecule has 1 N–H and O–H groups in total. The molecule has 0 unspecified atom stereocenters. The number of amides is 1. The van der Waals surface area contributed by atoms with Crippen LogP contribution in [0.4, 0.5) is 5.69 Å². The normalized spacial score (nSPS) is 13.0. The van der Waals surface area contributed by atoms with E-state index in [0.717, 1.165) is 40.6 Å². The number of tetrazole rings is 1. The highest BCUT2D eigenvalue weighted by molar-refractivity contribution is 5.95. The summed E-state index contributed by atoms with van der Waals surface area (Å²) < 4.78 is 7.38. The van der Waals surface area contributed by atoms with Gasteiger partial charge in [-0.2, -0.15) is 4.68 Å². The molecule has 0 bridgehead atoms. The number of nitrogens with zero attached hydrogens (tertiary/aromatic N) is 4. The summed E-state index contributed by atoms with van der Waals surface area (Å²) >= 11 is 0. The third-order valence-electron chi connectivity index (χ3n) is 5.57. The lowest BCUT2D eigenvalue weighted by molar-refractivity contribution is -0.115. The molecule has 2 heterocycles. The van der Waals surface area contributed by atoms with Crippen molar-refractivity contribution < 1.29 is 9.21 Å². The molecule has 7 heteroatoms. The van der Waals surface area contributed by atoms with Crippen LogP contribution in [0.1, 0.15) is 34.5 Å². The minimum absolute atomic E-state index is 0.0866. The number of benzene rings is 2. The van der Waals surface area contributed by atoms with Gasteiger partial charge in [-0.3, -0.25) is 4.79 Å². The summed E-state index contributed by atoms with van der Waals surface area (Å²) in [7, 11) is 0. The number of aryl methyl sites for hydroxylation is 4. The van der Waals surface area contributed by atoms with E-state index in [1.165, 1.54) is 17.5 Å². The summed E-state index contributed by atoms with van der Waals surface area (Å²) in [5.41, 5.74) is 7.09. The maximum Gasteiger partial charge on any atom is 0.228 e. The van der Waals surface area contributed by atoms with Gasteiger partial charge >= 0.3 is 0 Å². The highest BCUT2D eigenvalue weighted by Crippen LogP contribution is 2.30. The maximum absolute atomic E-state index is 12.7. The highest BCUT2D eigenvalue weighted by atomic mass is 16.3. The number of hydrogen-bond donors (Lipinski definition) is 1. The van der Waals surface area contributed by atoms with Crippen LogP contribution in [-0.2, 0) is 24.1 Å². The fourth-order valence-corrected chi connectivity index (χ4v) is 4.03. The maximum atomic E-state index is 12.7. The van der Waals surface area contributed by atoms with E-state index in [9.17, 15) is 4.79 Å². The SMILES string of the molecule is Cc1ccc(NC(=O)Cc2coc3cc4c(cc23)CCC4)cc1-n1nnnc1C. The topological polar surface area (TPSA) is 85.8 Å². The zero-order valence-corrected chi connectivity index (χ0v) is 16.4. The Morgan fingerprint density at radius 1 is 1.17 bits per heavy atom. The molecule has 7 nitrogen and oxygen atoms in total. The monoisotopic (exact) mass is 387 g/mol. The van der Waals surface area contributed by atoms with Crippen molar-refractivity contribution in [2.75, 3.05) is 5.32 Å². The fourth-order valence-electron chi connectivity index (χ4n) is 4.03. The van der Waals surface area contributed by atoms with E-state index >= 15 is 0 Å². The molecular weight excluding hydrogens is 366 g/mol. The summed E-state index contributed by atoms with van der Waals surface area (Å²) in [5, 5.41) is 15.7. The Balaban J connectivity index is 1.38. The Morgan fingerprint density at radius 3 is 2.79 bits per heavy atom. The van der Waals surface area contributed by atoms with Gasteiger partial charge in [-0.15, -0.1) is 5.10 Å². The summed E-state index contributed by atoms with van der Waals surface area (Å²) in [6, 6.07) is 10.0. The van der Waals surface area contributed by atoms with Gasteiger partial charge < -0.3 is 9.73 Å². The van der Waals surface area contributed by atoms with Crippen LogP contribution in [0.2, 0.25) is 0 Å². The summed E-state index contributed by atoms with van der Waals surface area (Å²) in [6.45, 7) is 3.82. The molecule has 0 radical (unpaired) electrons. The highest BCUT2D eigenvalue weighted by Gasteiger charge is 2.17. The number of rotatable bonds is 4. The molecular formula is C22H21N5O2. The van der Waals surface area contributed by atoms with E-state index in [1.807, 2.05) is 32.0 Å². The average molecular weight is 387 g/mol. The van der Waals surface area contributed by atoms with E-state index < -0.39 is 0 Å². The quantitative estimate of drug-likeness (QED) is 0.577. The van der Waals surface area contributed by atoms with Crippen molar-refractivity contribution >= 4 is 22.6 Å². The van der Waals surface area contributed by atoms with Gasteiger partial charge in [-0.05, 0) is 84.5 Å². The van der Waals surface area contributed by atoms with Crippen LogP contribution in [0.5, 0.6) is 0 Å². The standard InChI is InChI=1S/C22H21N5O2/c1-13-6-7-18(11-20(13)27-14(2)24-25-26-27)23-22(28)10-17-12-29-21-9-16-5-3-4-15(16)8-19(17)21/h6-9,11-12H,3-5,10H2,1-2H3,(H,23,28). The largest absolute Gasteiger partial charge is 0.464 e.